The molecule has 0 radical (unpaired) electrons. The lowest BCUT2D eigenvalue weighted by Crippen LogP contribution is -2.16. The van der Waals surface area contributed by atoms with E-state index in [1.807, 2.05) is 0 Å². The zero-order valence-electron chi connectivity index (χ0n) is 8.97. The first kappa shape index (κ1) is 12.7. The van der Waals surface area contributed by atoms with Crippen LogP contribution in [0.1, 0.15) is 12.0 Å². The third kappa shape index (κ3) is 4.78. The molecule has 0 heterocycles. The van der Waals surface area contributed by atoms with E-state index in [1.165, 1.54) is 0 Å². The van der Waals surface area contributed by atoms with E-state index in [4.69, 9.17) is 10.8 Å². The van der Waals surface area contributed by atoms with Gasteiger partial charge >= 0.3 is 5.97 Å². The third-order valence-corrected chi connectivity index (χ3v) is 1.93. The minimum Gasteiger partial charge on any atom is -0.481 e. The molecule has 6 heteroatoms. The van der Waals surface area contributed by atoms with E-state index in [0.29, 0.717) is 5.69 Å². The second-order valence-electron chi connectivity index (χ2n) is 3.46. The topological polar surface area (TPSA) is 109 Å². The van der Waals surface area contributed by atoms with Crippen molar-refractivity contribution in [3.8, 4) is 0 Å². The van der Waals surface area contributed by atoms with Crippen molar-refractivity contribution >= 4 is 23.5 Å². The zero-order valence-corrected chi connectivity index (χ0v) is 8.97. The average molecular weight is 236 g/mol. The minimum absolute atomic E-state index is 0.128. The van der Waals surface area contributed by atoms with Crippen molar-refractivity contribution in [1.29, 1.82) is 0 Å². The van der Waals surface area contributed by atoms with Crippen LogP contribution in [-0.2, 0) is 20.8 Å². The number of carboxylic acids is 1. The van der Waals surface area contributed by atoms with Crippen molar-refractivity contribution < 1.29 is 19.5 Å². The summed E-state index contributed by atoms with van der Waals surface area (Å²) in [4.78, 5) is 32.0. The summed E-state index contributed by atoms with van der Waals surface area (Å²) in [6.07, 6.45) is -0.452. The van der Waals surface area contributed by atoms with Gasteiger partial charge in [-0.1, -0.05) is 12.1 Å². The molecule has 0 atom stereocenters. The number of primary amides is 1. The largest absolute Gasteiger partial charge is 0.481 e. The van der Waals surface area contributed by atoms with Crippen LogP contribution < -0.4 is 11.1 Å². The Kier molecular flexibility index (Phi) is 4.21. The Hall–Kier alpha value is -2.37. The molecule has 2 amide bonds. The van der Waals surface area contributed by atoms with E-state index in [1.54, 1.807) is 24.3 Å². The number of anilines is 1. The summed E-state index contributed by atoms with van der Waals surface area (Å²) < 4.78 is 0. The van der Waals surface area contributed by atoms with Crippen LogP contribution in [0, 0.1) is 0 Å². The van der Waals surface area contributed by atoms with Crippen LogP contribution in [0.5, 0.6) is 0 Å². The monoisotopic (exact) mass is 236 g/mol. The van der Waals surface area contributed by atoms with Crippen LogP contribution in [0.2, 0.25) is 0 Å². The van der Waals surface area contributed by atoms with E-state index in [9.17, 15) is 14.4 Å². The average Bonchev–Trinajstić information content (AvgIpc) is 2.18. The highest BCUT2D eigenvalue weighted by atomic mass is 16.4. The summed E-state index contributed by atoms with van der Waals surface area (Å²) in [5, 5.41) is 10.8. The fraction of sp³-hybridized carbons (Fsp3) is 0.182. The van der Waals surface area contributed by atoms with E-state index in [-0.39, 0.29) is 6.42 Å². The fourth-order valence-corrected chi connectivity index (χ4v) is 1.25. The molecule has 0 bridgehead atoms. The SMILES string of the molecule is NC(=O)Cc1ccc(NC(=O)CC(=O)O)cc1. The summed E-state index contributed by atoms with van der Waals surface area (Å²) >= 11 is 0. The highest BCUT2D eigenvalue weighted by Crippen LogP contribution is 2.10. The maximum absolute atomic E-state index is 11.1. The van der Waals surface area contributed by atoms with E-state index >= 15 is 0 Å². The Balaban J connectivity index is 2.59. The molecule has 0 aliphatic heterocycles. The van der Waals surface area contributed by atoms with Crippen molar-refractivity contribution in [2.45, 2.75) is 12.8 Å². The number of carbonyl (C=O) groups is 3. The molecule has 0 aliphatic rings. The van der Waals surface area contributed by atoms with Crippen LogP contribution in [0.4, 0.5) is 5.69 Å². The maximum Gasteiger partial charge on any atom is 0.312 e. The van der Waals surface area contributed by atoms with Gasteiger partial charge in [0, 0.05) is 5.69 Å². The molecule has 0 fully saturated rings. The highest BCUT2D eigenvalue weighted by molar-refractivity contribution is 6.01. The number of rotatable bonds is 5. The van der Waals surface area contributed by atoms with Crippen LogP contribution in [0.15, 0.2) is 24.3 Å². The predicted molar refractivity (Wildman–Crippen MR) is 60.2 cm³/mol. The fourth-order valence-electron chi connectivity index (χ4n) is 1.25. The summed E-state index contributed by atoms with van der Waals surface area (Å²) in [6.45, 7) is 0. The number of benzene rings is 1. The van der Waals surface area contributed by atoms with E-state index in [0.717, 1.165) is 5.56 Å². The summed E-state index contributed by atoms with van der Waals surface area (Å²) in [6, 6.07) is 6.44. The first-order valence-corrected chi connectivity index (χ1v) is 4.86. The van der Waals surface area contributed by atoms with Crippen molar-refractivity contribution in [3.63, 3.8) is 0 Å². The number of nitrogens with two attached hydrogens (primary N) is 1. The zero-order chi connectivity index (χ0) is 12.8. The first-order valence-electron chi connectivity index (χ1n) is 4.86. The lowest BCUT2D eigenvalue weighted by atomic mass is 10.1. The second-order valence-corrected chi connectivity index (χ2v) is 3.46. The summed E-state index contributed by atoms with van der Waals surface area (Å²) in [7, 11) is 0. The van der Waals surface area contributed by atoms with Gasteiger partial charge in [0.2, 0.25) is 11.8 Å². The van der Waals surface area contributed by atoms with Crippen molar-refractivity contribution in [2.24, 2.45) is 5.73 Å². The number of hydrogen-bond acceptors (Lipinski definition) is 3. The molecule has 0 aromatic heterocycles. The number of hydrogen-bond donors (Lipinski definition) is 3. The predicted octanol–water partition coefficient (Wildman–Crippen LogP) is 0.128. The molecule has 0 saturated carbocycles. The molecule has 1 rings (SSSR count). The molecule has 1 aromatic rings. The molecule has 1 aromatic carbocycles. The van der Waals surface area contributed by atoms with Gasteiger partial charge in [-0.05, 0) is 17.7 Å². The Labute approximate surface area is 97.4 Å². The smallest absolute Gasteiger partial charge is 0.312 e. The van der Waals surface area contributed by atoms with Gasteiger partial charge in [-0.25, -0.2) is 0 Å². The van der Waals surface area contributed by atoms with Crippen molar-refractivity contribution in [2.75, 3.05) is 5.32 Å². The van der Waals surface area contributed by atoms with Gasteiger partial charge in [-0.3, -0.25) is 14.4 Å². The van der Waals surface area contributed by atoms with E-state index < -0.39 is 24.2 Å². The second kappa shape index (κ2) is 5.64. The van der Waals surface area contributed by atoms with Crippen molar-refractivity contribution in [3.05, 3.63) is 29.8 Å². The molecule has 0 spiro atoms. The molecule has 90 valence electrons. The summed E-state index contributed by atoms with van der Waals surface area (Å²) in [5.41, 5.74) is 6.23. The standard InChI is InChI=1S/C11H12N2O4/c12-9(14)5-7-1-3-8(4-2-7)13-10(15)6-11(16)17/h1-4H,5-6H2,(H2,12,14)(H,13,15)(H,16,17). The van der Waals surface area contributed by atoms with Gasteiger partial charge < -0.3 is 16.2 Å². The van der Waals surface area contributed by atoms with Crippen LogP contribution in [-0.4, -0.2) is 22.9 Å². The molecule has 4 N–H and O–H groups in total. The van der Waals surface area contributed by atoms with Crippen LogP contribution in [0.25, 0.3) is 0 Å². The maximum atomic E-state index is 11.1. The molecule has 6 nitrogen and oxygen atoms in total. The van der Waals surface area contributed by atoms with Gasteiger partial charge in [0.25, 0.3) is 0 Å². The Morgan fingerprint density at radius 3 is 2.24 bits per heavy atom. The third-order valence-electron chi connectivity index (χ3n) is 1.93. The molecular weight excluding hydrogens is 224 g/mol. The van der Waals surface area contributed by atoms with Gasteiger partial charge in [-0.15, -0.1) is 0 Å². The number of amides is 2. The minimum atomic E-state index is -1.19. The van der Waals surface area contributed by atoms with Gasteiger partial charge in [-0.2, -0.15) is 0 Å². The van der Waals surface area contributed by atoms with Gasteiger partial charge in [0.15, 0.2) is 0 Å². The molecule has 0 unspecified atom stereocenters. The van der Waals surface area contributed by atoms with Gasteiger partial charge in [0.05, 0.1) is 6.42 Å². The van der Waals surface area contributed by atoms with E-state index in [2.05, 4.69) is 5.32 Å². The number of nitrogens with one attached hydrogen (secondary N) is 1. The van der Waals surface area contributed by atoms with Crippen LogP contribution >= 0.6 is 0 Å². The normalized spacial score (nSPS) is 9.65. The molecule has 17 heavy (non-hydrogen) atoms. The quantitative estimate of drug-likeness (QED) is 0.631. The number of carboxylic acid groups (broad SMARTS) is 1. The van der Waals surface area contributed by atoms with Gasteiger partial charge in [0.1, 0.15) is 6.42 Å². The Morgan fingerprint density at radius 2 is 1.76 bits per heavy atom. The molecule has 0 saturated heterocycles. The summed E-state index contributed by atoms with van der Waals surface area (Å²) in [5.74, 6) is -2.22. The molecule has 0 aliphatic carbocycles. The van der Waals surface area contributed by atoms with Crippen LogP contribution in [0.3, 0.4) is 0 Å². The molecular formula is C11H12N2O4. The first-order chi connectivity index (χ1) is 7.97. The highest BCUT2D eigenvalue weighted by Gasteiger charge is 2.07. The Morgan fingerprint density at radius 1 is 1.18 bits per heavy atom. The Bertz CT molecular complexity index is 439. The van der Waals surface area contributed by atoms with Crippen molar-refractivity contribution in [1.82, 2.24) is 0 Å². The lowest BCUT2D eigenvalue weighted by Gasteiger charge is -2.04. The number of carbonyl (C=O) groups excluding carboxylic acids is 2. The lowest BCUT2D eigenvalue weighted by molar-refractivity contribution is -0.139. The number of aliphatic carboxylic acids is 1.